The van der Waals surface area contributed by atoms with Crippen molar-refractivity contribution in [2.24, 2.45) is 0 Å². The Morgan fingerprint density at radius 2 is 1.81 bits per heavy atom. The molecule has 12 heteroatoms. The van der Waals surface area contributed by atoms with Crippen LogP contribution in [0, 0.1) is 0 Å². The Kier molecular flexibility index (Phi) is 7.79. The highest BCUT2D eigenvalue weighted by Gasteiger charge is 2.24. The van der Waals surface area contributed by atoms with Crippen molar-refractivity contribution in [3.8, 4) is 5.75 Å². The minimum absolute atomic E-state index is 0.194. The SMILES string of the molecule is CCONC(=O)c1cnc(Nc2ccc(C3CC3)cn2)cc1Nc1ccc(OC)cc1N(C)S(C)(=O)=O. The third kappa shape index (κ3) is 6.46. The van der Waals surface area contributed by atoms with Crippen molar-refractivity contribution in [1.29, 1.82) is 0 Å². The van der Waals surface area contributed by atoms with Crippen LogP contribution in [-0.4, -0.2) is 51.3 Å². The van der Waals surface area contributed by atoms with Gasteiger partial charge >= 0.3 is 0 Å². The zero-order valence-corrected chi connectivity index (χ0v) is 21.9. The summed E-state index contributed by atoms with van der Waals surface area (Å²) in [5.74, 6) is 1.61. The zero-order valence-electron chi connectivity index (χ0n) is 21.1. The number of nitrogens with one attached hydrogen (secondary N) is 3. The summed E-state index contributed by atoms with van der Waals surface area (Å²) >= 11 is 0. The average Bonchev–Trinajstić information content (AvgIpc) is 3.73. The molecule has 1 amide bonds. The monoisotopic (exact) mass is 526 g/mol. The summed E-state index contributed by atoms with van der Waals surface area (Å²) in [6, 6.07) is 10.5. The molecule has 0 atom stereocenters. The highest BCUT2D eigenvalue weighted by atomic mass is 32.2. The van der Waals surface area contributed by atoms with Crippen molar-refractivity contribution in [3.63, 3.8) is 0 Å². The molecule has 2 aromatic heterocycles. The number of benzene rings is 1. The summed E-state index contributed by atoms with van der Waals surface area (Å²) in [6.07, 6.45) is 6.75. The molecule has 1 aliphatic carbocycles. The molecule has 0 aliphatic heterocycles. The molecule has 37 heavy (non-hydrogen) atoms. The number of amides is 1. The van der Waals surface area contributed by atoms with Gasteiger partial charge in [0.2, 0.25) is 10.0 Å². The van der Waals surface area contributed by atoms with E-state index in [4.69, 9.17) is 9.57 Å². The second-order valence-electron chi connectivity index (χ2n) is 8.59. The number of nitrogens with zero attached hydrogens (tertiary/aromatic N) is 3. The molecular weight excluding hydrogens is 496 g/mol. The normalized spacial score (nSPS) is 13.1. The Morgan fingerprint density at radius 3 is 2.43 bits per heavy atom. The van der Waals surface area contributed by atoms with E-state index >= 15 is 0 Å². The molecule has 1 aromatic carbocycles. The van der Waals surface area contributed by atoms with Gasteiger partial charge in [0, 0.05) is 31.6 Å². The van der Waals surface area contributed by atoms with Gasteiger partial charge in [0.15, 0.2) is 0 Å². The number of hydrogen-bond acceptors (Lipinski definition) is 9. The molecule has 2 heterocycles. The lowest BCUT2D eigenvalue weighted by Crippen LogP contribution is -2.26. The van der Waals surface area contributed by atoms with Gasteiger partial charge in [0.25, 0.3) is 5.91 Å². The Balaban J connectivity index is 1.69. The molecule has 11 nitrogen and oxygen atoms in total. The van der Waals surface area contributed by atoms with Gasteiger partial charge in [0.05, 0.1) is 42.6 Å². The van der Waals surface area contributed by atoms with Gasteiger partial charge in [-0.25, -0.2) is 23.9 Å². The minimum Gasteiger partial charge on any atom is -0.497 e. The van der Waals surface area contributed by atoms with Gasteiger partial charge < -0.3 is 15.4 Å². The fourth-order valence-electron chi connectivity index (χ4n) is 3.60. The first-order valence-corrected chi connectivity index (χ1v) is 13.6. The molecule has 0 spiro atoms. The molecule has 4 rings (SSSR count). The number of rotatable bonds is 11. The number of ether oxygens (including phenoxy) is 1. The van der Waals surface area contributed by atoms with E-state index in [-0.39, 0.29) is 12.2 Å². The number of hydroxylamine groups is 1. The van der Waals surface area contributed by atoms with Gasteiger partial charge in [-0.2, -0.15) is 0 Å². The fraction of sp³-hybridized carbons (Fsp3) is 0.320. The first-order valence-electron chi connectivity index (χ1n) is 11.7. The second-order valence-corrected chi connectivity index (χ2v) is 10.6. The number of pyridine rings is 2. The van der Waals surface area contributed by atoms with E-state index in [1.165, 1.54) is 38.8 Å². The topological polar surface area (TPSA) is 135 Å². The molecule has 1 fully saturated rings. The lowest BCUT2D eigenvalue weighted by molar-refractivity contribution is 0.0365. The average molecular weight is 527 g/mol. The summed E-state index contributed by atoms with van der Waals surface area (Å²) in [5.41, 5.74) is 4.92. The van der Waals surface area contributed by atoms with Crippen molar-refractivity contribution in [3.05, 3.63) is 59.9 Å². The molecule has 1 aliphatic rings. The quantitative estimate of drug-likeness (QED) is 0.318. The molecule has 3 N–H and O–H groups in total. The fourth-order valence-corrected chi connectivity index (χ4v) is 4.11. The van der Waals surface area contributed by atoms with Gasteiger partial charge in [-0.15, -0.1) is 0 Å². The maximum Gasteiger partial charge on any atom is 0.278 e. The largest absolute Gasteiger partial charge is 0.497 e. The Bertz CT molecular complexity index is 1380. The predicted molar refractivity (Wildman–Crippen MR) is 142 cm³/mol. The Hall–Kier alpha value is -3.90. The maximum atomic E-state index is 12.8. The van der Waals surface area contributed by atoms with Crippen molar-refractivity contribution in [2.75, 3.05) is 42.0 Å². The number of hydrogen-bond donors (Lipinski definition) is 3. The molecule has 3 aromatic rings. The van der Waals surface area contributed by atoms with E-state index in [0.717, 1.165) is 10.6 Å². The van der Waals surface area contributed by atoms with Gasteiger partial charge in [-0.1, -0.05) is 6.07 Å². The lowest BCUT2D eigenvalue weighted by atomic mass is 10.2. The van der Waals surface area contributed by atoms with Crippen molar-refractivity contribution in [1.82, 2.24) is 15.4 Å². The summed E-state index contributed by atoms with van der Waals surface area (Å²) in [7, 11) is -0.649. The van der Waals surface area contributed by atoms with E-state index < -0.39 is 15.9 Å². The van der Waals surface area contributed by atoms with Crippen LogP contribution in [0.25, 0.3) is 0 Å². The number of anilines is 5. The highest BCUT2D eigenvalue weighted by molar-refractivity contribution is 7.92. The first kappa shape index (κ1) is 26.2. The Morgan fingerprint density at radius 1 is 1.05 bits per heavy atom. The van der Waals surface area contributed by atoms with Crippen LogP contribution in [0.3, 0.4) is 0 Å². The molecule has 0 saturated heterocycles. The van der Waals surface area contributed by atoms with E-state index in [1.54, 1.807) is 31.2 Å². The molecule has 0 bridgehead atoms. The van der Waals surface area contributed by atoms with Crippen LogP contribution >= 0.6 is 0 Å². The van der Waals surface area contributed by atoms with Crippen LogP contribution in [0.15, 0.2) is 48.8 Å². The van der Waals surface area contributed by atoms with Crippen molar-refractivity contribution < 1.29 is 22.8 Å². The number of methoxy groups -OCH3 is 1. The lowest BCUT2D eigenvalue weighted by Gasteiger charge is -2.22. The van der Waals surface area contributed by atoms with Gasteiger partial charge in [-0.3, -0.25) is 13.9 Å². The van der Waals surface area contributed by atoms with Gasteiger partial charge in [0.1, 0.15) is 17.4 Å². The first-order chi connectivity index (χ1) is 17.7. The molecule has 0 radical (unpaired) electrons. The molecule has 1 saturated carbocycles. The summed E-state index contributed by atoms with van der Waals surface area (Å²) in [5, 5.41) is 6.34. The molecule has 196 valence electrons. The molecular formula is C25H30N6O5S. The number of aromatic nitrogens is 2. The summed E-state index contributed by atoms with van der Waals surface area (Å²) in [6.45, 7) is 2.03. The smallest absolute Gasteiger partial charge is 0.278 e. The van der Waals surface area contributed by atoms with E-state index in [9.17, 15) is 13.2 Å². The summed E-state index contributed by atoms with van der Waals surface area (Å²) < 4.78 is 31.0. The van der Waals surface area contributed by atoms with Gasteiger partial charge in [-0.05, 0) is 49.4 Å². The number of sulfonamides is 1. The van der Waals surface area contributed by atoms with Crippen LogP contribution in [-0.2, 0) is 14.9 Å². The molecule has 0 unspecified atom stereocenters. The number of carbonyl (C=O) groups excluding carboxylic acids is 1. The highest BCUT2D eigenvalue weighted by Crippen LogP contribution is 2.40. The Labute approximate surface area is 216 Å². The minimum atomic E-state index is -3.58. The van der Waals surface area contributed by atoms with Crippen LogP contribution in [0.2, 0.25) is 0 Å². The van der Waals surface area contributed by atoms with Crippen molar-refractivity contribution >= 4 is 44.6 Å². The van der Waals surface area contributed by atoms with Crippen LogP contribution in [0.5, 0.6) is 5.75 Å². The summed E-state index contributed by atoms with van der Waals surface area (Å²) in [4.78, 5) is 26.7. The van der Waals surface area contributed by atoms with E-state index in [0.29, 0.717) is 40.4 Å². The zero-order chi connectivity index (χ0) is 26.6. The predicted octanol–water partition coefficient (Wildman–Crippen LogP) is 3.93. The third-order valence-electron chi connectivity index (χ3n) is 5.86. The standard InChI is InChI=1S/C25H30N6O5S/c1-5-36-30-25(32)19-15-27-24(29-23-11-8-17(14-26-23)16-6-7-16)13-21(19)28-20-10-9-18(35-3)12-22(20)31(2)37(4,33)34/h8-16H,5-7H2,1-4H3,(H,30,32)(H2,26,27,28,29). The van der Waals surface area contributed by atoms with E-state index in [1.807, 2.05) is 18.3 Å². The second kappa shape index (κ2) is 11.0. The number of carbonyl (C=O) groups is 1. The van der Waals surface area contributed by atoms with E-state index in [2.05, 4.69) is 26.1 Å². The van der Waals surface area contributed by atoms with Crippen LogP contribution in [0.1, 0.15) is 41.6 Å². The van der Waals surface area contributed by atoms with Crippen molar-refractivity contribution in [2.45, 2.75) is 25.7 Å². The maximum absolute atomic E-state index is 12.8. The third-order valence-corrected chi connectivity index (χ3v) is 7.05. The van der Waals surface area contributed by atoms with Crippen LogP contribution in [0.4, 0.5) is 28.7 Å². The van der Waals surface area contributed by atoms with Crippen LogP contribution < -0.4 is 25.2 Å².